The molecule has 0 spiro atoms. The maximum absolute atomic E-state index is 11.6. The lowest BCUT2D eigenvalue weighted by atomic mass is 10.2. The highest BCUT2D eigenvalue weighted by atomic mass is 32.1. The largest absolute Gasteiger partial charge is 0.351 e. The molecule has 15 heavy (non-hydrogen) atoms. The van der Waals surface area contributed by atoms with Gasteiger partial charge >= 0.3 is 0 Å². The minimum atomic E-state index is -0.0484. The van der Waals surface area contributed by atoms with Gasteiger partial charge in [-0.15, -0.1) is 12.6 Å². The summed E-state index contributed by atoms with van der Waals surface area (Å²) in [4.78, 5) is 14.4. The van der Waals surface area contributed by atoms with Crippen LogP contribution in [0.2, 0.25) is 0 Å². The van der Waals surface area contributed by atoms with Gasteiger partial charge < -0.3 is 10.2 Å². The molecule has 1 rings (SSSR count). The summed E-state index contributed by atoms with van der Waals surface area (Å²) in [5, 5.41) is 2.84. The molecule has 0 aliphatic rings. The molecule has 0 unspecified atom stereocenters. The molecular formula is C11H16N2OS. The van der Waals surface area contributed by atoms with Crippen molar-refractivity contribution in [3.05, 3.63) is 29.8 Å². The van der Waals surface area contributed by atoms with Crippen molar-refractivity contribution in [1.82, 2.24) is 10.2 Å². The van der Waals surface area contributed by atoms with Gasteiger partial charge in [-0.05, 0) is 32.3 Å². The van der Waals surface area contributed by atoms with Crippen molar-refractivity contribution in [1.29, 1.82) is 0 Å². The molecule has 0 aliphatic heterocycles. The van der Waals surface area contributed by atoms with Gasteiger partial charge in [-0.1, -0.05) is 6.07 Å². The van der Waals surface area contributed by atoms with Crippen LogP contribution in [0.15, 0.2) is 29.2 Å². The Hall–Kier alpha value is -1.00. The second-order valence-electron chi connectivity index (χ2n) is 3.61. The van der Waals surface area contributed by atoms with E-state index < -0.39 is 0 Å². The van der Waals surface area contributed by atoms with Crippen LogP contribution < -0.4 is 5.32 Å². The van der Waals surface area contributed by atoms with Gasteiger partial charge in [0.1, 0.15) is 0 Å². The molecule has 1 aromatic carbocycles. The minimum Gasteiger partial charge on any atom is -0.351 e. The average Bonchev–Trinajstić information content (AvgIpc) is 2.17. The lowest BCUT2D eigenvalue weighted by molar-refractivity contribution is 0.0951. The fourth-order valence-corrected chi connectivity index (χ4v) is 1.37. The zero-order valence-electron chi connectivity index (χ0n) is 9.03. The zero-order chi connectivity index (χ0) is 11.3. The Morgan fingerprint density at radius 1 is 1.47 bits per heavy atom. The summed E-state index contributed by atoms with van der Waals surface area (Å²) in [5.41, 5.74) is 0.654. The number of rotatable bonds is 4. The van der Waals surface area contributed by atoms with E-state index in [2.05, 4.69) is 17.9 Å². The molecule has 1 aromatic rings. The highest BCUT2D eigenvalue weighted by Gasteiger charge is 2.04. The number of likely N-dealkylation sites (N-methyl/N-ethyl adjacent to an activating group) is 1. The number of hydrogen-bond donors (Lipinski definition) is 2. The molecule has 0 aromatic heterocycles. The molecule has 0 heterocycles. The fraction of sp³-hybridized carbons (Fsp3) is 0.364. The van der Waals surface area contributed by atoms with E-state index in [1.54, 1.807) is 12.1 Å². The number of carbonyl (C=O) groups excluding carboxylic acids is 1. The quantitative estimate of drug-likeness (QED) is 0.755. The third-order valence-electron chi connectivity index (χ3n) is 1.95. The number of carbonyl (C=O) groups is 1. The summed E-state index contributed by atoms with van der Waals surface area (Å²) < 4.78 is 0. The second-order valence-corrected chi connectivity index (χ2v) is 4.13. The van der Waals surface area contributed by atoms with Gasteiger partial charge in [-0.3, -0.25) is 4.79 Å². The Bertz CT molecular complexity index is 339. The molecule has 0 atom stereocenters. The van der Waals surface area contributed by atoms with E-state index in [9.17, 15) is 4.79 Å². The molecule has 0 fully saturated rings. The fourth-order valence-electron chi connectivity index (χ4n) is 1.14. The Morgan fingerprint density at radius 3 is 2.80 bits per heavy atom. The van der Waals surface area contributed by atoms with Crippen LogP contribution in [-0.4, -0.2) is 38.0 Å². The number of benzene rings is 1. The third kappa shape index (κ3) is 4.36. The first-order chi connectivity index (χ1) is 7.09. The Morgan fingerprint density at radius 2 is 2.20 bits per heavy atom. The van der Waals surface area contributed by atoms with Gasteiger partial charge in [0.05, 0.1) is 0 Å². The summed E-state index contributed by atoms with van der Waals surface area (Å²) in [7, 11) is 3.95. The molecule has 0 saturated carbocycles. The van der Waals surface area contributed by atoms with E-state index in [1.807, 2.05) is 31.1 Å². The highest BCUT2D eigenvalue weighted by molar-refractivity contribution is 7.80. The maximum Gasteiger partial charge on any atom is 0.251 e. The number of nitrogens with zero attached hydrogens (tertiary/aromatic N) is 1. The van der Waals surface area contributed by atoms with Crippen molar-refractivity contribution in [2.75, 3.05) is 27.2 Å². The number of hydrogen-bond acceptors (Lipinski definition) is 3. The van der Waals surface area contributed by atoms with Crippen LogP contribution in [-0.2, 0) is 0 Å². The van der Waals surface area contributed by atoms with Crippen molar-refractivity contribution in [2.24, 2.45) is 0 Å². The second kappa shape index (κ2) is 5.78. The van der Waals surface area contributed by atoms with Crippen molar-refractivity contribution >= 4 is 18.5 Å². The molecule has 0 aliphatic carbocycles. The van der Waals surface area contributed by atoms with E-state index in [1.165, 1.54) is 0 Å². The molecule has 0 bridgehead atoms. The van der Waals surface area contributed by atoms with Gasteiger partial charge in [0.2, 0.25) is 0 Å². The Balaban J connectivity index is 2.47. The van der Waals surface area contributed by atoms with E-state index in [0.717, 1.165) is 11.4 Å². The highest BCUT2D eigenvalue weighted by Crippen LogP contribution is 2.08. The number of amides is 1. The molecule has 0 radical (unpaired) electrons. The maximum atomic E-state index is 11.6. The summed E-state index contributed by atoms with van der Waals surface area (Å²) in [6.07, 6.45) is 0. The monoisotopic (exact) mass is 224 g/mol. The van der Waals surface area contributed by atoms with Crippen LogP contribution in [0.4, 0.5) is 0 Å². The minimum absolute atomic E-state index is 0.0484. The Labute approximate surface area is 95.9 Å². The van der Waals surface area contributed by atoms with Gasteiger partial charge in [0.15, 0.2) is 0 Å². The summed E-state index contributed by atoms with van der Waals surface area (Å²) in [6, 6.07) is 7.21. The molecular weight excluding hydrogens is 208 g/mol. The predicted molar refractivity (Wildman–Crippen MR) is 64.6 cm³/mol. The van der Waals surface area contributed by atoms with Crippen LogP contribution in [0.25, 0.3) is 0 Å². The van der Waals surface area contributed by atoms with Gasteiger partial charge in [-0.2, -0.15) is 0 Å². The summed E-state index contributed by atoms with van der Waals surface area (Å²) in [6.45, 7) is 1.49. The van der Waals surface area contributed by atoms with Gasteiger partial charge in [-0.25, -0.2) is 0 Å². The van der Waals surface area contributed by atoms with Gasteiger partial charge in [0.25, 0.3) is 5.91 Å². The Kier molecular flexibility index (Phi) is 4.65. The molecule has 4 heteroatoms. The molecule has 3 nitrogen and oxygen atoms in total. The molecule has 1 N–H and O–H groups in total. The summed E-state index contributed by atoms with van der Waals surface area (Å²) in [5.74, 6) is -0.0484. The number of nitrogens with one attached hydrogen (secondary N) is 1. The molecule has 0 saturated heterocycles. The first kappa shape index (κ1) is 12.1. The van der Waals surface area contributed by atoms with Crippen LogP contribution in [0.1, 0.15) is 10.4 Å². The van der Waals surface area contributed by atoms with Gasteiger partial charge in [0, 0.05) is 23.5 Å². The lowest BCUT2D eigenvalue weighted by Gasteiger charge is -2.10. The van der Waals surface area contributed by atoms with Crippen molar-refractivity contribution in [3.63, 3.8) is 0 Å². The SMILES string of the molecule is CN(C)CCNC(=O)c1cccc(S)c1. The topological polar surface area (TPSA) is 32.3 Å². The van der Waals surface area contributed by atoms with E-state index >= 15 is 0 Å². The third-order valence-corrected chi connectivity index (χ3v) is 2.23. The van der Waals surface area contributed by atoms with Crippen molar-refractivity contribution in [3.8, 4) is 0 Å². The van der Waals surface area contributed by atoms with E-state index in [-0.39, 0.29) is 5.91 Å². The van der Waals surface area contributed by atoms with Crippen LogP contribution in [0.3, 0.4) is 0 Å². The van der Waals surface area contributed by atoms with Crippen LogP contribution in [0.5, 0.6) is 0 Å². The smallest absolute Gasteiger partial charge is 0.251 e. The van der Waals surface area contributed by atoms with Crippen LogP contribution >= 0.6 is 12.6 Å². The molecule has 1 amide bonds. The zero-order valence-corrected chi connectivity index (χ0v) is 9.92. The first-order valence-electron chi connectivity index (χ1n) is 4.81. The first-order valence-corrected chi connectivity index (χ1v) is 5.26. The van der Waals surface area contributed by atoms with E-state index in [0.29, 0.717) is 12.1 Å². The van der Waals surface area contributed by atoms with Crippen molar-refractivity contribution < 1.29 is 4.79 Å². The summed E-state index contributed by atoms with van der Waals surface area (Å²) >= 11 is 4.18. The standard InChI is InChI=1S/C11H16N2OS/c1-13(2)7-6-12-11(14)9-4-3-5-10(15)8-9/h3-5,8,15H,6-7H2,1-2H3,(H,12,14). The van der Waals surface area contributed by atoms with E-state index in [4.69, 9.17) is 0 Å². The molecule has 82 valence electrons. The van der Waals surface area contributed by atoms with Crippen LogP contribution in [0, 0.1) is 0 Å². The lowest BCUT2D eigenvalue weighted by Crippen LogP contribution is -2.31. The predicted octanol–water partition coefficient (Wildman–Crippen LogP) is 1.27. The number of thiol groups is 1. The normalized spacial score (nSPS) is 10.4. The van der Waals surface area contributed by atoms with Crippen molar-refractivity contribution in [2.45, 2.75) is 4.90 Å². The average molecular weight is 224 g/mol.